The number of fused-ring (bicyclic) bond motifs is 1. The number of carbonyl (C=O) groups excluding carboxylic acids is 1. The Morgan fingerprint density at radius 1 is 1.18 bits per heavy atom. The van der Waals surface area contributed by atoms with E-state index in [2.05, 4.69) is 22.0 Å². The molecule has 2 aliphatic heterocycles. The summed E-state index contributed by atoms with van der Waals surface area (Å²) in [6, 6.07) is 10.4. The molecule has 33 heavy (non-hydrogen) atoms. The van der Waals surface area contributed by atoms with E-state index in [0.29, 0.717) is 13.2 Å². The monoisotopic (exact) mass is 465 g/mol. The second-order valence-electron chi connectivity index (χ2n) is 8.20. The smallest absolute Gasteiger partial charge is 0.475 e. The first kappa shape index (κ1) is 24.7. The summed E-state index contributed by atoms with van der Waals surface area (Å²) in [5, 5.41) is 7.12. The molecule has 0 spiro atoms. The van der Waals surface area contributed by atoms with E-state index in [0.717, 1.165) is 36.3 Å². The van der Waals surface area contributed by atoms with Crippen molar-refractivity contribution in [3.05, 3.63) is 65.0 Å². The SMILES string of the molecule is Cc1cc(C)cc(C(=O)N2CC3OCCN(Cc4cccnc4)C3C2)c1.O=C(O)C(F)(F)F. The number of ether oxygens (including phenoxy) is 1. The molecule has 2 fully saturated rings. The van der Waals surface area contributed by atoms with Gasteiger partial charge in [-0.15, -0.1) is 0 Å². The zero-order valence-electron chi connectivity index (χ0n) is 18.4. The van der Waals surface area contributed by atoms with Gasteiger partial charge in [0.05, 0.1) is 18.8 Å². The van der Waals surface area contributed by atoms with Crippen LogP contribution < -0.4 is 0 Å². The standard InChI is InChI=1S/C21H25N3O2.C2HF3O2/c1-15-8-16(2)10-18(9-15)21(25)24-13-19-20(14-24)26-7-6-23(19)12-17-4-3-5-22-11-17;3-2(4,5)1(6)7/h3-5,8-11,19-20H,6-7,12-14H2,1-2H3;(H,6,7). The number of aromatic nitrogens is 1. The second kappa shape index (κ2) is 10.3. The van der Waals surface area contributed by atoms with Crippen molar-refractivity contribution in [1.82, 2.24) is 14.8 Å². The van der Waals surface area contributed by atoms with Crippen molar-refractivity contribution in [2.75, 3.05) is 26.2 Å². The van der Waals surface area contributed by atoms with Crippen LogP contribution in [0.4, 0.5) is 13.2 Å². The predicted molar refractivity (Wildman–Crippen MR) is 114 cm³/mol. The van der Waals surface area contributed by atoms with Gasteiger partial charge in [0, 0.05) is 44.1 Å². The fourth-order valence-corrected chi connectivity index (χ4v) is 4.13. The minimum absolute atomic E-state index is 0.0928. The van der Waals surface area contributed by atoms with Gasteiger partial charge < -0.3 is 14.7 Å². The Bertz CT molecular complexity index is 964. The Labute approximate surface area is 189 Å². The molecular weight excluding hydrogens is 439 g/mol. The highest BCUT2D eigenvalue weighted by molar-refractivity contribution is 5.95. The number of pyridine rings is 1. The normalized spacial score (nSPS) is 20.6. The maximum atomic E-state index is 13.0. The van der Waals surface area contributed by atoms with Crippen molar-refractivity contribution < 1.29 is 32.6 Å². The summed E-state index contributed by atoms with van der Waals surface area (Å²) in [4.78, 5) is 30.5. The topological polar surface area (TPSA) is 83.0 Å². The fourth-order valence-electron chi connectivity index (χ4n) is 4.13. The fraction of sp³-hybridized carbons (Fsp3) is 0.435. The number of carboxylic acids is 1. The molecule has 178 valence electrons. The van der Waals surface area contributed by atoms with Crippen molar-refractivity contribution in [2.45, 2.75) is 38.7 Å². The third-order valence-corrected chi connectivity index (χ3v) is 5.52. The van der Waals surface area contributed by atoms with Gasteiger partial charge in [0.25, 0.3) is 5.91 Å². The predicted octanol–water partition coefficient (Wildman–Crippen LogP) is 3.06. The summed E-state index contributed by atoms with van der Waals surface area (Å²) >= 11 is 0. The molecule has 1 N–H and O–H groups in total. The highest BCUT2D eigenvalue weighted by atomic mass is 19.4. The van der Waals surface area contributed by atoms with E-state index < -0.39 is 12.1 Å². The Kier molecular flexibility index (Phi) is 7.70. The van der Waals surface area contributed by atoms with Crippen LogP contribution in [0.3, 0.4) is 0 Å². The third kappa shape index (κ3) is 6.52. The first-order chi connectivity index (χ1) is 15.5. The van der Waals surface area contributed by atoms with Crippen molar-refractivity contribution in [1.29, 1.82) is 0 Å². The maximum absolute atomic E-state index is 13.0. The zero-order chi connectivity index (χ0) is 24.2. The number of carboxylic acid groups (broad SMARTS) is 1. The first-order valence-corrected chi connectivity index (χ1v) is 10.5. The highest BCUT2D eigenvalue weighted by Gasteiger charge is 2.42. The van der Waals surface area contributed by atoms with E-state index >= 15 is 0 Å². The molecule has 1 amide bonds. The quantitative estimate of drug-likeness (QED) is 0.751. The average molecular weight is 465 g/mol. The molecule has 2 saturated heterocycles. The number of morpholine rings is 1. The average Bonchev–Trinajstić information content (AvgIpc) is 3.18. The van der Waals surface area contributed by atoms with E-state index in [9.17, 15) is 18.0 Å². The molecule has 10 heteroatoms. The van der Waals surface area contributed by atoms with Gasteiger partial charge in [-0.1, -0.05) is 23.3 Å². The second-order valence-corrected chi connectivity index (χ2v) is 8.20. The lowest BCUT2D eigenvalue weighted by molar-refractivity contribution is -0.192. The summed E-state index contributed by atoms with van der Waals surface area (Å²) < 4.78 is 37.7. The molecule has 2 unspecified atom stereocenters. The summed E-state index contributed by atoms with van der Waals surface area (Å²) in [7, 11) is 0. The minimum Gasteiger partial charge on any atom is -0.475 e. The molecule has 2 aromatic rings. The van der Waals surface area contributed by atoms with Gasteiger partial charge in [-0.3, -0.25) is 14.7 Å². The molecule has 4 rings (SSSR count). The number of nitrogens with zero attached hydrogens (tertiary/aromatic N) is 3. The number of benzene rings is 1. The van der Waals surface area contributed by atoms with Crippen molar-refractivity contribution in [3.63, 3.8) is 0 Å². The molecule has 0 radical (unpaired) electrons. The van der Waals surface area contributed by atoms with Crippen LogP contribution in [0.1, 0.15) is 27.0 Å². The van der Waals surface area contributed by atoms with Gasteiger partial charge in [0.15, 0.2) is 0 Å². The summed E-state index contributed by atoms with van der Waals surface area (Å²) in [6.45, 7) is 7.91. The van der Waals surface area contributed by atoms with Crippen LogP contribution in [0.2, 0.25) is 0 Å². The van der Waals surface area contributed by atoms with Gasteiger partial charge in [-0.05, 0) is 37.6 Å². The number of amides is 1. The number of hydrogen-bond acceptors (Lipinski definition) is 5. The molecule has 1 aromatic heterocycles. The third-order valence-electron chi connectivity index (χ3n) is 5.52. The number of rotatable bonds is 3. The van der Waals surface area contributed by atoms with Gasteiger partial charge >= 0.3 is 12.1 Å². The van der Waals surface area contributed by atoms with E-state index in [1.165, 1.54) is 5.56 Å². The Balaban J connectivity index is 0.000000383. The Hall–Kier alpha value is -2.98. The minimum atomic E-state index is -5.08. The molecule has 0 saturated carbocycles. The molecule has 3 heterocycles. The van der Waals surface area contributed by atoms with Crippen LogP contribution in [-0.2, 0) is 16.1 Å². The number of aryl methyl sites for hydroxylation is 2. The highest BCUT2D eigenvalue weighted by Crippen LogP contribution is 2.26. The molecule has 2 aliphatic rings. The van der Waals surface area contributed by atoms with E-state index in [4.69, 9.17) is 14.6 Å². The summed E-state index contributed by atoms with van der Waals surface area (Å²) in [5.41, 5.74) is 4.23. The van der Waals surface area contributed by atoms with Gasteiger partial charge in [-0.25, -0.2) is 4.79 Å². The van der Waals surface area contributed by atoms with Crippen molar-refractivity contribution >= 4 is 11.9 Å². The number of alkyl halides is 3. The Morgan fingerprint density at radius 2 is 1.85 bits per heavy atom. The van der Waals surface area contributed by atoms with Gasteiger partial charge in [-0.2, -0.15) is 13.2 Å². The van der Waals surface area contributed by atoms with Crippen LogP contribution >= 0.6 is 0 Å². The lowest BCUT2D eigenvalue weighted by Gasteiger charge is -2.36. The van der Waals surface area contributed by atoms with E-state index in [1.807, 2.05) is 43.1 Å². The number of likely N-dealkylation sites (tertiary alicyclic amines) is 1. The van der Waals surface area contributed by atoms with Crippen molar-refractivity contribution in [2.24, 2.45) is 0 Å². The zero-order valence-corrected chi connectivity index (χ0v) is 18.4. The molecule has 0 aliphatic carbocycles. The lowest BCUT2D eigenvalue weighted by Crippen LogP contribution is -2.50. The molecular formula is C23H26F3N3O4. The number of aliphatic carboxylic acids is 1. The van der Waals surface area contributed by atoms with Gasteiger partial charge in [0.1, 0.15) is 0 Å². The lowest BCUT2D eigenvalue weighted by atomic mass is 10.1. The van der Waals surface area contributed by atoms with Crippen LogP contribution in [0, 0.1) is 13.8 Å². The maximum Gasteiger partial charge on any atom is 0.490 e. The molecule has 0 bridgehead atoms. The number of carbonyl (C=O) groups is 2. The first-order valence-electron chi connectivity index (χ1n) is 10.5. The molecule has 7 nitrogen and oxygen atoms in total. The summed E-state index contributed by atoms with van der Waals surface area (Å²) in [5.74, 6) is -2.65. The van der Waals surface area contributed by atoms with Crippen LogP contribution in [0.5, 0.6) is 0 Å². The Morgan fingerprint density at radius 3 is 2.42 bits per heavy atom. The number of halogens is 3. The van der Waals surface area contributed by atoms with E-state index in [1.54, 1.807) is 6.20 Å². The van der Waals surface area contributed by atoms with Crippen LogP contribution in [0.15, 0.2) is 42.7 Å². The van der Waals surface area contributed by atoms with Crippen LogP contribution in [-0.4, -0.2) is 76.3 Å². The van der Waals surface area contributed by atoms with Gasteiger partial charge in [0.2, 0.25) is 0 Å². The summed E-state index contributed by atoms with van der Waals surface area (Å²) in [6.07, 6.45) is -1.28. The molecule has 2 atom stereocenters. The van der Waals surface area contributed by atoms with Crippen LogP contribution in [0.25, 0.3) is 0 Å². The number of hydrogen-bond donors (Lipinski definition) is 1. The largest absolute Gasteiger partial charge is 0.490 e. The van der Waals surface area contributed by atoms with Crippen molar-refractivity contribution in [3.8, 4) is 0 Å². The van der Waals surface area contributed by atoms with E-state index in [-0.39, 0.29) is 18.1 Å². The molecule has 1 aromatic carbocycles.